The van der Waals surface area contributed by atoms with Crippen LogP contribution in [0, 0.1) is 5.82 Å². The molecule has 2 rings (SSSR count). The van der Waals surface area contributed by atoms with Gasteiger partial charge in [-0.15, -0.1) is 0 Å². The molecule has 0 aliphatic carbocycles. The van der Waals surface area contributed by atoms with E-state index in [-0.39, 0.29) is 5.56 Å². The molecule has 1 N–H and O–H groups in total. The summed E-state index contributed by atoms with van der Waals surface area (Å²) in [5, 5.41) is 9.73. The topological polar surface area (TPSA) is 46.0 Å². The number of aromatic nitrogens is 2. The highest BCUT2D eigenvalue weighted by Gasteiger charge is 2.16. The Bertz CT molecular complexity index is 419. The molecule has 0 saturated carbocycles. The van der Waals surface area contributed by atoms with Gasteiger partial charge < -0.3 is 5.11 Å². The minimum Gasteiger partial charge on any atom is -0.382 e. The lowest BCUT2D eigenvalue weighted by atomic mass is 10.1. The highest BCUT2D eigenvalue weighted by molar-refractivity contribution is 6.99. The maximum Gasteiger partial charge on any atom is 0.129 e. The van der Waals surface area contributed by atoms with Gasteiger partial charge in [-0.05, 0) is 6.07 Å². The van der Waals surface area contributed by atoms with Gasteiger partial charge in [0.2, 0.25) is 0 Å². The first-order valence-corrected chi connectivity index (χ1v) is 4.72. The molecule has 1 heterocycles. The van der Waals surface area contributed by atoms with Crippen LogP contribution in [0.15, 0.2) is 30.5 Å². The van der Waals surface area contributed by atoms with Gasteiger partial charge in [-0.3, -0.25) is 0 Å². The third kappa shape index (κ3) is 1.64. The summed E-state index contributed by atoms with van der Waals surface area (Å²) in [7, 11) is 0. The van der Waals surface area contributed by atoms with E-state index in [1.807, 2.05) is 0 Å². The molecule has 3 nitrogen and oxygen atoms in total. The fourth-order valence-corrected chi connectivity index (χ4v) is 1.59. The van der Waals surface area contributed by atoms with E-state index in [2.05, 4.69) is 8.75 Å². The zero-order valence-corrected chi connectivity index (χ0v) is 7.91. The minimum atomic E-state index is -1.03. The van der Waals surface area contributed by atoms with Crippen molar-refractivity contribution in [3.63, 3.8) is 0 Å². The molecule has 5 heteroatoms. The van der Waals surface area contributed by atoms with Crippen LogP contribution < -0.4 is 0 Å². The van der Waals surface area contributed by atoms with Crippen molar-refractivity contribution in [3.05, 3.63) is 47.5 Å². The lowest BCUT2D eigenvalue weighted by Gasteiger charge is -2.07. The molecule has 0 bridgehead atoms. The summed E-state index contributed by atoms with van der Waals surface area (Å²) in [6.07, 6.45) is 0.400. The molecule has 0 fully saturated rings. The highest BCUT2D eigenvalue weighted by atomic mass is 32.1. The highest BCUT2D eigenvalue weighted by Crippen LogP contribution is 2.22. The van der Waals surface area contributed by atoms with Crippen LogP contribution in [0.3, 0.4) is 0 Å². The number of rotatable bonds is 2. The maximum atomic E-state index is 13.2. The lowest BCUT2D eigenvalue weighted by molar-refractivity contribution is 0.211. The SMILES string of the molecule is OC(c1cnsn1)c1ccccc1F. The largest absolute Gasteiger partial charge is 0.382 e. The van der Waals surface area contributed by atoms with E-state index in [1.165, 1.54) is 18.3 Å². The number of nitrogens with zero attached hydrogens (tertiary/aromatic N) is 2. The van der Waals surface area contributed by atoms with Crippen molar-refractivity contribution in [1.82, 2.24) is 8.75 Å². The Labute approximate surface area is 84.2 Å². The van der Waals surface area contributed by atoms with Gasteiger partial charge in [0.05, 0.1) is 17.9 Å². The molecule has 1 atom stereocenters. The van der Waals surface area contributed by atoms with Gasteiger partial charge in [0.25, 0.3) is 0 Å². The molecule has 1 aromatic carbocycles. The molecule has 0 amide bonds. The first-order chi connectivity index (χ1) is 6.79. The van der Waals surface area contributed by atoms with Crippen LogP contribution in [0.25, 0.3) is 0 Å². The second kappa shape index (κ2) is 3.81. The first kappa shape index (κ1) is 9.23. The minimum absolute atomic E-state index is 0.222. The van der Waals surface area contributed by atoms with E-state index in [0.29, 0.717) is 5.69 Å². The average molecular weight is 210 g/mol. The summed E-state index contributed by atoms with van der Waals surface area (Å²) in [5.41, 5.74) is 0.598. The molecule has 0 aliphatic rings. The number of hydrogen-bond acceptors (Lipinski definition) is 4. The lowest BCUT2D eigenvalue weighted by Crippen LogP contribution is -2.02. The van der Waals surface area contributed by atoms with Crippen molar-refractivity contribution in [3.8, 4) is 0 Å². The third-order valence-electron chi connectivity index (χ3n) is 1.86. The van der Waals surface area contributed by atoms with Crippen molar-refractivity contribution >= 4 is 11.7 Å². The predicted molar refractivity (Wildman–Crippen MR) is 50.4 cm³/mol. The number of benzene rings is 1. The van der Waals surface area contributed by atoms with Crippen LogP contribution in [-0.4, -0.2) is 13.9 Å². The Kier molecular flexibility index (Phi) is 2.51. The second-order valence-corrected chi connectivity index (χ2v) is 3.31. The zero-order chi connectivity index (χ0) is 9.97. The van der Waals surface area contributed by atoms with Crippen molar-refractivity contribution < 1.29 is 9.50 Å². The van der Waals surface area contributed by atoms with Crippen LogP contribution in [0.1, 0.15) is 17.4 Å². The molecule has 0 aliphatic heterocycles. The molecule has 2 aromatic rings. The molecule has 1 unspecified atom stereocenters. The van der Waals surface area contributed by atoms with Gasteiger partial charge in [-0.25, -0.2) is 4.39 Å². The summed E-state index contributed by atoms with van der Waals surface area (Å²) >= 11 is 0.986. The van der Waals surface area contributed by atoms with Gasteiger partial charge in [0, 0.05) is 5.56 Å². The van der Waals surface area contributed by atoms with E-state index >= 15 is 0 Å². The second-order valence-electron chi connectivity index (χ2n) is 2.76. The molecular formula is C9H7FN2OS. The molecule has 0 radical (unpaired) electrons. The van der Waals surface area contributed by atoms with Crippen LogP contribution in [0.2, 0.25) is 0 Å². The van der Waals surface area contributed by atoms with Gasteiger partial charge in [0.1, 0.15) is 17.6 Å². The normalized spacial score (nSPS) is 12.7. The number of halogens is 1. The quantitative estimate of drug-likeness (QED) is 0.821. The molecule has 14 heavy (non-hydrogen) atoms. The zero-order valence-electron chi connectivity index (χ0n) is 7.09. The summed E-state index contributed by atoms with van der Waals surface area (Å²) in [5.74, 6) is -0.437. The Morgan fingerprint density at radius 3 is 2.79 bits per heavy atom. The third-order valence-corrected chi connectivity index (χ3v) is 2.35. The molecular weight excluding hydrogens is 203 g/mol. The van der Waals surface area contributed by atoms with E-state index in [9.17, 15) is 9.50 Å². The van der Waals surface area contributed by atoms with Crippen molar-refractivity contribution in [2.45, 2.75) is 6.10 Å². The van der Waals surface area contributed by atoms with E-state index in [1.54, 1.807) is 12.1 Å². The maximum absolute atomic E-state index is 13.2. The Balaban J connectivity index is 2.37. The first-order valence-electron chi connectivity index (χ1n) is 3.99. The smallest absolute Gasteiger partial charge is 0.129 e. The average Bonchev–Trinajstić information content (AvgIpc) is 2.70. The molecule has 0 spiro atoms. The summed E-state index contributed by atoms with van der Waals surface area (Å²) in [6, 6.07) is 6.07. The van der Waals surface area contributed by atoms with Gasteiger partial charge in [-0.1, -0.05) is 18.2 Å². The van der Waals surface area contributed by atoms with Crippen LogP contribution in [-0.2, 0) is 0 Å². The molecule has 72 valence electrons. The Morgan fingerprint density at radius 2 is 2.14 bits per heavy atom. The predicted octanol–water partition coefficient (Wildman–Crippen LogP) is 1.76. The fraction of sp³-hybridized carbons (Fsp3) is 0.111. The van der Waals surface area contributed by atoms with Gasteiger partial charge in [-0.2, -0.15) is 8.75 Å². The van der Waals surface area contributed by atoms with Gasteiger partial charge >= 0.3 is 0 Å². The fourth-order valence-electron chi connectivity index (χ4n) is 1.15. The van der Waals surface area contributed by atoms with E-state index in [0.717, 1.165) is 11.7 Å². The van der Waals surface area contributed by atoms with E-state index < -0.39 is 11.9 Å². The summed E-state index contributed by atoms with van der Waals surface area (Å²) < 4.78 is 20.8. The van der Waals surface area contributed by atoms with Crippen LogP contribution in [0.5, 0.6) is 0 Å². The standard InChI is InChI=1S/C9H7FN2OS/c10-7-4-2-1-3-6(7)9(13)8-5-11-14-12-8/h1-5,9,13H. The Hall–Kier alpha value is -1.33. The Morgan fingerprint density at radius 1 is 1.36 bits per heavy atom. The number of hydrogen-bond donors (Lipinski definition) is 1. The van der Waals surface area contributed by atoms with Crippen LogP contribution >= 0.6 is 11.7 Å². The van der Waals surface area contributed by atoms with Crippen molar-refractivity contribution in [2.24, 2.45) is 0 Å². The summed E-state index contributed by atoms with van der Waals surface area (Å²) in [4.78, 5) is 0. The molecule has 1 aromatic heterocycles. The van der Waals surface area contributed by atoms with E-state index in [4.69, 9.17) is 0 Å². The van der Waals surface area contributed by atoms with Crippen molar-refractivity contribution in [1.29, 1.82) is 0 Å². The monoisotopic (exact) mass is 210 g/mol. The molecule has 0 saturated heterocycles. The van der Waals surface area contributed by atoms with Gasteiger partial charge in [0.15, 0.2) is 0 Å². The summed E-state index contributed by atoms with van der Waals surface area (Å²) in [6.45, 7) is 0. The number of aliphatic hydroxyl groups excluding tert-OH is 1. The number of aliphatic hydroxyl groups is 1. The van der Waals surface area contributed by atoms with Crippen LogP contribution in [0.4, 0.5) is 4.39 Å². The van der Waals surface area contributed by atoms with Crippen molar-refractivity contribution in [2.75, 3.05) is 0 Å².